The van der Waals surface area contributed by atoms with Crippen LogP contribution in [-0.2, 0) is 4.79 Å². The molecule has 112 valence electrons. The van der Waals surface area contributed by atoms with Gasteiger partial charge < -0.3 is 15.7 Å². The number of amides is 1. The number of nitrogens with zero attached hydrogens (tertiary/aromatic N) is 1. The first-order chi connectivity index (χ1) is 9.88. The number of carbonyl (C=O) groups excluding carboxylic acids is 1. The SMILES string of the molecule is CC(Nc1ccc(C(=O)O)c([N+](=O)[O-])c1)C(=O)NC1CC1. The lowest BCUT2D eigenvalue weighted by atomic mass is 10.1. The standard InChI is InChI=1S/C13H15N3O5/c1-7(12(17)15-8-2-3-8)14-9-4-5-10(13(18)19)11(6-9)16(20)21/h4-8,14H,2-3H2,1H3,(H,15,17)(H,18,19). The third-order valence-electron chi connectivity index (χ3n) is 3.13. The number of nitro benzene ring substituents is 1. The van der Waals surface area contributed by atoms with Gasteiger partial charge in [0.05, 0.1) is 4.92 Å². The number of aromatic carboxylic acids is 1. The average Bonchev–Trinajstić information content (AvgIpc) is 3.22. The van der Waals surface area contributed by atoms with E-state index in [2.05, 4.69) is 10.6 Å². The van der Waals surface area contributed by atoms with Crippen molar-refractivity contribution in [2.24, 2.45) is 0 Å². The van der Waals surface area contributed by atoms with Gasteiger partial charge in [-0.15, -0.1) is 0 Å². The van der Waals surface area contributed by atoms with Gasteiger partial charge in [0.1, 0.15) is 11.6 Å². The van der Waals surface area contributed by atoms with Crippen LogP contribution in [0.1, 0.15) is 30.1 Å². The van der Waals surface area contributed by atoms with Gasteiger partial charge in [-0.2, -0.15) is 0 Å². The topological polar surface area (TPSA) is 122 Å². The van der Waals surface area contributed by atoms with E-state index in [1.807, 2.05) is 0 Å². The normalized spacial score (nSPS) is 15.1. The van der Waals surface area contributed by atoms with Crippen LogP contribution in [0, 0.1) is 10.1 Å². The molecule has 0 radical (unpaired) electrons. The molecule has 8 nitrogen and oxygen atoms in total. The van der Waals surface area contributed by atoms with Crippen LogP contribution in [0.4, 0.5) is 11.4 Å². The van der Waals surface area contributed by atoms with Gasteiger partial charge in [-0.25, -0.2) is 4.79 Å². The van der Waals surface area contributed by atoms with E-state index < -0.39 is 22.6 Å². The molecule has 8 heteroatoms. The Balaban J connectivity index is 2.12. The van der Waals surface area contributed by atoms with E-state index >= 15 is 0 Å². The maximum absolute atomic E-state index is 11.8. The summed E-state index contributed by atoms with van der Waals surface area (Å²) in [6, 6.07) is 3.32. The lowest BCUT2D eigenvalue weighted by molar-refractivity contribution is -0.385. The average molecular weight is 293 g/mol. The number of benzene rings is 1. The Kier molecular flexibility index (Phi) is 4.06. The number of nitro groups is 1. The zero-order valence-corrected chi connectivity index (χ0v) is 11.3. The minimum atomic E-state index is -1.37. The molecule has 1 fully saturated rings. The second-order valence-corrected chi connectivity index (χ2v) is 4.94. The molecular weight excluding hydrogens is 278 g/mol. The van der Waals surface area contributed by atoms with Crippen LogP contribution in [0.25, 0.3) is 0 Å². The largest absolute Gasteiger partial charge is 0.477 e. The van der Waals surface area contributed by atoms with E-state index in [9.17, 15) is 19.7 Å². The van der Waals surface area contributed by atoms with E-state index in [4.69, 9.17) is 5.11 Å². The molecule has 0 aromatic heterocycles. The number of carbonyl (C=O) groups is 2. The molecule has 0 heterocycles. The number of rotatable bonds is 6. The van der Waals surface area contributed by atoms with Gasteiger partial charge in [0.2, 0.25) is 5.91 Å². The summed E-state index contributed by atoms with van der Waals surface area (Å²) in [5, 5.41) is 25.4. The van der Waals surface area contributed by atoms with E-state index in [0.717, 1.165) is 25.0 Å². The summed E-state index contributed by atoms with van der Waals surface area (Å²) in [6.45, 7) is 1.63. The molecule has 1 amide bonds. The fraction of sp³-hybridized carbons (Fsp3) is 0.385. The molecule has 1 aromatic rings. The van der Waals surface area contributed by atoms with Gasteiger partial charge >= 0.3 is 5.97 Å². The fourth-order valence-electron chi connectivity index (χ4n) is 1.82. The summed E-state index contributed by atoms with van der Waals surface area (Å²) in [7, 11) is 0. The molecule has 2 rings (SSSR count). The molecule has 1 unspecified atom stereocenters. The molecule has 0 saturated heterocycles. The number of hydrogen-bond acceptors (Lipinski definition) is 5. The summed E-state index contributed by atoms with van der Waals surface area (Å²) >= 11 is 0. The zero-order valence-electron chi connectivity index (χ0n) is 11.3. The Hall–Kier alpha value is -2.64. The smallest absolute Gasteiger partial charge is 0.342 e. The molecule has 3 N–H and O–H groups in total. The lowest BCUT2D eigenvalue weighted by Gasteiger charge is -2.15. The molecular formula is C13H15N3O5. The summed E-state index contributed by atoms with van der Waals surface area (Å²) in [5.41, 5.74) is -0.576. The Morgan fingerprint density at radius 3 is 2.62 bits per heavy atom. The van der Waals surface area contributed by atoms with Gasteiger partial charge in [-0.3, -0.25) is 14.9 Å². The monoisotopic (exact) mass is 293 g/mol. The second kappa shape index (κ2) is 5.78. The summed E-state index contributed by atoms with van der Waals surface area (Å²) < 4.78 is 0. The third kappa shape index (κ3) is 3.68. The highest BCUT2D eigenvalue weighted by Gasteiger charge is 2.26. The van der Waals surface area contributed by atoms with Crippen molar-refractivity contribution in [3.05, 3.63) is 33.9 Å². The molecule has 0 bridgehead atoms. The highest BCUT2D eigenvalue weighted by molar-refractivity contribution is 5.93. The summed E-state index contributed by atoms with van der Waals surface area (Å²) in [5.74, 6) is -1.56. The molecule has 1 saturated carbocycles. The van der Waals surface area contributed by atoms with Crippen LogP contribution in [0.15, 0.2) is 18.2 Å². The molecule has 1 aromatic carbocycles. The van der Waals surface area contributed by atoms with E-state index in [0.29, 0.717) is 5.69 Å². The Morgan fingerprint density at radius 2 is 2.10 bits per heavy atom. The molecule has 21 heavy (non-hydrogen) atoms. The van der Waals surface area contributed by atoms with E-state index in [1.54, 1.807) is 6.92 Å². The Labute approximate surface area is 120 Å². The maximum Gasteiger partial charge on any atom is 0.342 e. The third-order valence-corrected chi connectivity index (χ3v) is 3.13. The highest BCUT2D eigenvalue weighted by atomic mass is 16.6. The molecule has 0 aliphatic heterocycles. The second-order valence-electron chi connectivity index (χ2n) is 4.94. The van der Waals surface area contributed by atoms with Crippen LogP contribution >= 0.6 is 0 Å². The number of carboxylic acid groups (broad SMARTS) is 1. The van der Waals surface area contributed by atoms with Gasteiger partial charge in [-0.05, 0) is 31.9 Å². The first-order valence-electron chi connectivity index (χ1n) is 6.47. The Bertz CT molecular complexity index is 597. The number of anilines is 1. The first-order valence-corrected chi connectivity index (χ1v) is 6.47. The number of carboxylic acids is 1. The van der Waals surface area contributed by atoms with Crippen molar-refractivity contribution in [2.45, 2.75) is 31.8 Å². The van der Waals surface area contributed by atoms with Crippen molar-refractivity contribution >= 4 is 23.3 Å². The molecule has 0 spiro atoms. The van der Waals surface area contributed by atoms with Gasteiger partial charge in [0.25, 0.3) is 5.69 Å². The highest BCUT2D eigenvalue weighted by Crippen LogP contribution is 2.24. The molecule has 1 aliphatic rings. The van der Waals surface area contributed by atoms with Gasteiger partial charge in [0, 0.05) is 17.8 Å². The number of hydrogen-bond donors (Lipinski definition) is 3. The lowest BCUT2D eigenvalue weighted by Crippen LogP contribution is -2.38. The zero-order chi connectivity index (χ0) is 15.6. The summed E-state index contributed by atoms with van der Waals surface area (Å²) in [4.78, 5) is 32.8. The molecule has 1 atom stereocenters. The van der Waals surface area contributed by atoms with Crippen LogP contribution in [0.5, 0.6) is 0 Å². The predicted molar refractivity (Wildman–Crippen MR) is 74.3 cm³/mol. The summed E-state index contributed by atoms with van der Waals surface area (Å²) in [6.07, 6.45) is 1.94. The fourth-order valence-corrected chi connectivity index (χ4v) is 1.82. The van der Waals surface area contributed by atoms with Crippen molar-refractivity contribution in [1.29, 1.82) is 0 Å². The quantitative estimate of drug-likeness (QED) is 0.538. The van der Waals surface area contributed by atoms with E-state index in [1.165, 1.54) is 6.07 Å². The van der Waals surface area contributed by atoms with Crippen molar-refractivity contribution in [3.8, 4) is 0 Å². The maximum atomic E-state index is 11.8. The first kappa shape index (κ1) is 14.8. The van der Waals surface area contributed by atoms with Crippen LogP contribution in [0.3, 0.4) is 0 Å². The van der Waals surface area contributed by atoms with Gasteiger partial charge in [-0.1, -0.05) is 0 Å². The van der Waals surface area contributed by atoms with Crippen LogP contribution in [0.2, 0.25) is 0 Å². The van der Waals surface area contributed by atoms with Gasteiger partial charge in [0.15, 0.2) is 0 Å². The van der Waals surface area contributed by atoms with Crippen molar-refractivity contribution < 1.29 is 19.6 Å². The van der Waals surface area contributed by atoms with Crippen molar-refractivity contribution in [2.75, 3.05) is 5.32 Å². The molecule has 1 aliphatic carbocycles. The van der Waals surface area contributed by atoms with Crippen LogP contribution in [-0.4, -0.2) is 34.0 Å². The van der Waals surface area contributed by atoms with Crippen molar-refractivity contribution in [3.63, 3.8) is 0 Å². The van der Waals surface area contributed by atoms with Crippen molar-refractivity contribution in [1.82, 2.24) is 5.32 Å². The van der Waals surface area contributed by atoms with Crippen LogP contribution < -0.4 is 10.6 Å². The Morgan fingerprint density at radius 1 is 1.43 bits per heavy atom. The minimum absolute atomic E-state index is 0.192. The predicted octanol–water partition coefficient (Wildman–Crippen LogP) is 1.37. The minimum Gasteiger partial charge on any atom is -0.477 e. The van der Waals surface area contributed by atoms with E-state index in [-0.39, 0.29) is 17.5 Å². The number of nitrogens with one attached hydrogen (secondary N) is 2.